The maximum Gasteiger partial charge on any atom is 0.260 e. The number of aliphatic hydroxyl groups excluding tert-OH is 1. The van der Waals surface area contributed by atoms with E-state index in [-0.39, 0.29) is 5.91 Å². The second-order valence-electron chi connectivity index (χ2n) is 3.62. The van der Waals surface area contributed by atoms with Gasteiger partial charge in [0.2, 0.25) is 0 Å². The smallest absolute Gasteiger partial charge is 0.260 e. The molecule has 0 bridgehead atoms. The second kappa shape index (κ2) is 5.51. The lowest BCUT2D eigenvalue weighted by molar-refractivity contribution is -0.126. The Morgan fingerprint density at radius 2 is 2.12 bits per heavy atom. The summed E-state index contributed by atoms with van der Waals surface area (Å²) in [6.07, 6.45) is -1.09. The van der Waals surface area contributed by atoms with Crippen LogP contribution < -0.4 is 10.1 Å². The van der Waals surface area contributed by atoms with Crippen LogP contribution in [0.1, 0.15) is 25.5 Å². The second-order valence-corrected chi connectivity index (χ2v) is 3.62. The number of hydrogen-bond donors (Lipinski definition) is 2. The van der Waals surface area contributed by atoms with Gasteiger partial charge in [0.1, 0.15) is 5.75 Å². The van der Waals surface area contributed by atoms with E-state index in [0.717, 1.165) is 5.56 Å². The van der Waals surface area contributed by atoms with E-state index in [0.29, 0.717) is 5.75 Å². The van der Waals surface area contributed by atoms with E-state index in [1.54, 1.807) is 39.1 Å². The molecule has 0 aliphatic heterocycles. The Balaban J connectivity index is 2.74. The third-order valence-corrected chi connectivity index (χ3v) is 2.27. The van der Waals surface area contributed by atoms with Gasteiger partial charge in [0.25, 0.3) is 5.91 Å². The average Bonchev–Trinajstić information content (AvgIpc) is 2.28. The van der Waals surface area contributed by atoms with E-state index in [9.17, 15) is 9.90 Å². The zero-order valence-corrected chi connectivity index (χ0v) is 9.73. The summed E-state index contributed by atoms with van der Waals surface area (Å²) in [6.45, 7) is 3.36. The van der Waals surface area contributed by atoms with Gasteiger partial charge in [-0.2, -0.15) is 0 Å². The quantitative estimate of drug-likeness (QED) is 0.807. The average molecular weight is 223 g/mol. The van der Waals surface area contributed by atoms with Crippen molar-refractivity contribution in [2.75, 3.05) is 7.05 Å². The maximum atomic E-state index is 11.2. The Kier molecular flexibility index (Phi) is 4.31. The molecule has 0 heterocycles. The van der Waals surface area contributed by atoms with Gasteiger partial charge in [0.15, 0.2) is 6.10 Å². The Morgan fingerprint density at radius 1 is 1.44 bits per heavy atom. The van der Waals surface area contributed by atoms with Crippen molar-refractivity contribution in [3.05, 3.63) is 29.8 Å². The molecule has 0 saturated carbocycles. The first-order valence-corrected chi connectivity index (χ1v) is 5.21. The highest BCUT2D eigenvalue weighted by Crippen LogP contribution is 2.19. The summed E-state index contributed by atoms with van der Waals surface area (Å²) < 4.78 is 5.43. The van der Waals surface area contributed by atoms with Gasteiger partial charge in [-0.3, -0.25) is 4.79 Å². The van der Waals surface area contributed by atoms with Crippen LogP contribution in [-0.2, 0) is 4.79 Å². The van der Waals surface area contributed by atoms with Crippen molar-refractivity contribution in [2.24, 2.45) is 0 Å². The third kappa shape index (κ3) is 3.24. The Bertz CT molecular complexity index is 363. The number of rotatable bonds is 4. The zero-order valence-electron chi connectivity index (χ0n) is 9.73. The monoisotopic (exact) mass is 223 g/mol. The third-order valence-electron chi connectivity index (χ3n) is 2.27. The SMILES string of the molecule is CNC(=O)C(C)Oc1cccc([C@H](C)O)c1. The normalized spacial score (nSPS) is 14.0. The molecule has 4 nitrogen and oxygen atoms in total. The van der Waals surface area contributed by atoms with Crippen molar-refractivity contribution >= 4 is 5.91 Å². The van der Waals surface area contributed by atoms with E-state index in [1.807, 2.05) is 6.07 Å². The summed E-state index contributed by atoms with van der Waals surface area (Å²) in [5.74, 6) is 0.400. The maximum absolute atomic E-state index is 11.2. The lowest BCUT2D eigenvalue weighted by Crippen LogP contribution is -2.33. The summed E-state index contributed by atoms with van der Waals surface area (Å²) in [5.41, 5.74) is 0.765. The fourth-order valence-electron chi connectivity index (χ4n) is 1.31. The number of amides is 1. The highest BCUT2D eigenvalue weighted by atomic mass is 16.5. The van der Waals surface area contributed by atoms with Gasteiger partial charge in [0.05, 0.1) is 6.10 Å². The van der Waals surface area contributed by atoms with Gasteiger partial charge < -0.3 is 15.2 Å². The molecule has 0 fully saturated rings. The van der Waals surface area contributed by atoms with Crippen LogP contribution in [-0.4, -0.2) is 24.2 Å². The molecule has 1 aromatic rings. The summed E-state index contributed by atoms with van der Waals surface area (Å²) in [5, 5.41) is 11.9. The van der Waals surface area contributed by atoms with E-state index >= 15 is 0 Å². The van der Waals surface area contributed by atoms with Gasteiger partial charge in [-0.1, -0.05) is 12.1 Å². The molecule has 0 aromatic heterocycles. The largest absolute Gasteiger partial charge is 0.481 e. The van der Waals surface area contributed by atoms with Crippen LogP contribution in [0.25, 0.3) is 0 Å². The first kappa shape index (κ1) is 12.5. The van der Waals surface area contributed by atoms with E-state index < -0.39 is 12.2 Å². The number of ether oxygens (including phenoxy) is 1. The number of likely N-dealkylation sites (N-methyl/N-ethyl adjacent to an activating group) is 1. The van der Waals surface area contributed by atoms with Crippen LogP contribution in [0.2, 0.25) is 0 Å². The molecule has 0 aliphatic carbocycles. The molecule has 16 heavy (non-hydrogen) atoms. The van der Waals surface area contributed by atoms with Gasteiger partial charge in [0, 0.05) is 7.05 Å². The van der Waals surface area contributed by atoms with E-state index in [2.05, 4.69) is 5.32 Å². The Labute approximate surface area is 95.2 Å². The number of carbonyl (C=O) groups excluding carboxylic acids is 1. The van der Waals surface area contributed by atoms with Gasteiger partial charge in [-0.25, -0.2) is 0 Å². The molecule has 1 amide bonds. The summed E-state index contributed by atoms with van der Waals surface area (Å²) in [4.78, 5) is 11.2. The summed E-state index contributed by atoms with van der Waals surface area (Å²) >= 11 is 0. The zero-order chi connectivity index (χ0) is 12.1. The van der Waals surface area contributed by atoms with E-state index in [1.165, 1.54) is 0 Å². The molecule has 0 spiro atoms. The fourth-order valence-corrected chi connectivity index (χ4v) is 1.31. The molecule has 1 rings (SSSR count). The minimum absolute atomic E-state index is 0.178. The topological polar surface area (TPSA) is 58.6 Å². The Morgan fingerprint density at radius 3 is 2.69 bits per heavy atom. The van der Waals surface area contributed by atoms with Crippen molar-refractivity contribution in [3.8, 4) is 5.75 Å². The van der Waals surface area contributed by atoms with Crippen LogP contribution in [0, 0.1) is 0 Å². The number of aliphatic hydroxyl groups is 1. The molecular formula is C12H17NO3. The number of hydrogen-bond acceptors (Lipinski definition) is 3. The first-order chi connectivity index (χ1) is 7.54. The molecular weight excluding hydrogens is 206 g/mol. The Hall–Kier alpha value is -1.55. The van der Waals surface area contributed by atoms with Crippen molar-refractivity contribution in [3.63, 3.8) is 0 Å². The minimum atomic E-state index is -0.547. The van der Waals surface area contributed by atoms with Crippen molar-refractivity contribution in [1.82, 2.24) is 5.32 Å². The predicted octanol–water partition coefficient (Wildman–Crippen LogP) is 1.25. The number of nitrogens with one attached hydrogen (secondary N) is 1. The molecule has 2 atom stereocenters. The molecule has 0 aliphatic rings. The van der Waals surface area contributed by atoms with Crippen LogP contribution in [0.5, 0.6) is 5.75 Å². The van der Waals surface area contributed by atoms with E-state index in [4.69, 9.17) is 4.74 Å². The molecule has 88 valence electrons. The molecule has 2 N–H and O–H groups in total. The van der Waals surface area contributed by atoms with Crippen LogP contribution in [0.4, 0.5) is 0 Å². The van der Waals surface area contributed by atoms with Crippen LogP contribution >= 0.6 is 0 Å². The first-order valence-electron chi connectivity index (χ1n) is 5.21. The van der Waals surface area contributed by atoms with Crippen LogP contribution in [0.15, 0.2) is 24.3 Å². The van der Waals surface area contributed by atoms with Crippen LogP contribution in [0.3, 0.4) is 0 Å². The molecule has 0 saturated heterocycles. The predicted molar refractivity (Wildman–Crippen MR) is 61.2 cm³/mol. The number of benzene rings is 1. The fraction of sp³-hybridized carbons (Fsp3) is 0.417. The van der Waals surface area contributed by atoms with Crippen molar-refractivity contribution in [2.45, 2.75) is 26.1 Å². The summed E-state index contributed by atoms with van der Waals surface area (Å²) in [6, 6.07) is 7.07. The number of carbonyl (C=O) groups is 1. The standard InChI is InChI=1S/C12H17NO3/c1-8(14)10-5-4-6-11(7-10)16-9(2)12(15)13-3/h4-9,14H,1-3H3,(H,13,15)/t8-,9?/m0/s1. The van der Waals surface area contributed by atoms with Crippen molar-refractivity contribution in [1.29, 1.82) is 0 Å². The molecule has 0 radical (unpaired) electrons. The molecule has 1 aromatic carbocycles. The van der Waals surface area contributed by atoms with Gasteiger partial charge in [-0.15, -0.1) is 0 Å². The minimum Gasteiger partial charge on any atom is -0.481 e. The lowest BCUT2D eigenvalue weighted by Gasteiger charge is -2.14. The molecule has 1 unspecified atom stereocenters. The highest BCUT2D eigenvalue weighted by molar-refractivity contribution is 5.80. The molecule has 4 heteroatoms. The highest BCUT2D eigenvalue weighted by Gasteiger charge is 2.12. The van der Waals surface area contributed by atoms with Gasteiger partial charge >= 0.3 is 0 Å². The van der Waals surface area contributed by atoms with Crippen molar-refractivity contribution < 1.29 is 14.6 Å². The lowest BCUT2D eigenvalue weighted by atomic mass is 10.1. The van der Waals surface area contributed by atoms with Gasteiger partial charge in [-0.05, 0) is 31.5 Å². The summed E-state index contributed by atoms with van der Waals surface area (Å²) in [7, 11) is 1.56.